The topological polar surface area (TPSA) is 139 Å². The monoisotopic (exact) mass is 514 g/mol. The van der Waals surface area contributed by atoms with E-state index in [0.717, 1.165) is 16.0 Å². The van der Waals surface area contributed by atoms with E-state index >= 15 is 0 Å². The Labute approximate surface area is 218 Å². The maximum atomic E-state index is 13.5. The molecule has 10 heteroatoms. The number of carbonyl (C=O) groups excluding carboxylic acids is 4. The van der Waals surface area contributed by atoms with Crippen LogP contribution >= 0.6 is 0 Å². The molecule has 0 aliphatic carbocycles. The first-order valence-corrected chi connectivity index (χ1v) is 12.0. The van der Waals surface area contributed by atoms with E-state index in [1.807, 2.05) is 32.0 Å². The fraction of sp³-hybridized carbons (Fsp3) is 0.214. The van der Waals surface area contributed by atoms with Crippen LogP contribution in [0.4, 0.5) is 11.4 Å². The van der Waals surface area contributed by atoms with E-state index in [9.17, 15) is 29.3 Å². The molecule has 1 aliphatic heterocycles. The highest BCUT2D eigenvalue weighted by Gasteiger charge is 2.42. The second-order valence-electron chi connectivity index (χ2n) is 9.00. The first-order chi connectivity index (χ1) is 18.1. The molecule has 0 saturated heterocycles. The molecule has 3 aromatic rings. The third kappa shape index (κ3) is 4.88. The molecule has 3 aromatic carbocycles. The summed E-state index contributed by atoms with van der Waals surface area (Å²) in [5.74, 6) is -2.57. The predicted octanol–water partition coefficient (Wildman–Crippen LogP) is 4.08. The number of fused-ring (bicyclic) bond motifs is 1. The van der Waals surface area contributed by atoms with Gasteiger partial charge in [-0.05, 0) is 49.1 Å². The van der Waals surface area contributed by atoms with Crippen LogP contribution < -0.4 is 10.6 Å². The van der Waals surface area contributed by atoms with Gasteiger partial charge >= 0.3 is 0 Å². The van der Waals surface area contributed by atoms with Crippen LogP contribution in [-0.2, 0) is 9.59 Å². The molecule has 0 aromatic heterocycles. The van der Waals surface area contributed by atoms with Gasteiger partial charge in [0.1, 0.15) is 12.1 Å². The number of hydrogen-bond acceptors (Lipinski definition) is 6. The van der Waals surface area contributed by atoms with E-state index in [1.54, 1.807) is 19.1 Å². The Kier molecular flexibility index (Phi) is 7.33. The number of amides is 4. The summed E-state index contributed by atoms with van der Waals surface area (Å²) in [7, 11) is 0. The van der Waals surface area contributed by atoms with Crippen molar-refractivity contribution in [3.05, 3.63) is 105 Å². The van der Waals surface area contributed by atoms with Gasteiger partial charge in [-0.1, -0.05) is 49.4 Å². The fourth-order valence-electron chi connectivity index (χ4n) is 4.54. The standard InChI is InChI=1S/C28H26N4O6/c1-4-22(31-27(35)20-13-5-6-14-21(20)28(31)36)25(33)30-24(18-11-8-12-19(15-18)32(37)38)26(34)29-23-16(2)9-7-10-17(23)3/h5-15,22,24H,4H2,1-3H3,(H,29,34)(H,30,33). The number of nitrogens with one attached hydrogen (secondary N) is 2. The number of para-hydroxylation sites is 1. The first-order valence-electron chi connectivity index (χ1n) is 12.0. The van der Waals surface area contributed by atoms with Crippen molar-refractivity contribution < 1.29 is 24.1 Å². The fourth-order valence-corrected chi connectivity index (χ4v) is 4.54. The Morgan fingerprint density at radius 2 is 1.47 bits per heavy atom. The second kappa shape index (κ2) is 10.6. The minimum atomic E-state index is -1.34. The van der Waals surface area contributed by atoms with Gasteiger partial charge in [0.15, 0.2) is 0 Å². The van der Waals surface area contributed by atoms with Crippen molar-refractivity contribution in [3.63, 3.8) is 0 Å². The number of nitrogens with zero attached hydrogens (tertiary/aromatic N) is 2. The van der Waals surface area contributed by atoms with Gasteiger partial charge in [-0.2, -0.15) is 0 Å². The average Bonchev–Trinajstić information content (AvgIpc) is 3.15. The van der Waals surface area contributed by atoms with E-state index < -0.39 is 40.6 Å². The van der Waals surface area contributed by atoms with Crippen molar-refractivity contribution in [2.75, 3.05) is 5.32 Å². The summed E-state index contributed by atoms with van der Waals surface area (Å²) in [4.78, 5) is 64.8. The Morgan fingerprint density at radius 3 is 2.03 bits per heavy atom. The molecule has 1 heterocycles. The van der Waals surface area contributed by atoms with Crippen LogP contribution in [0.15, 0.2) is 66.7 Å². The van der Waals surface area contributed by atoms with Gasteiger partial charge in [0, 0.05) is 17.8 Å². The lowest BCUT2D eigenvalue weighted by molar-refractivity contribution is -0.384. The number of rotatable bonds is 8. The minimum Gasteiger partial charge on any atom is -0.339 e. The number of carbonyl (C=O) groups is 4. The molecule has 2 unspecified atom stereocenters. The zero-order valence-electron chi connectivity index (χ0n) is 21.1. The number of imide groups is 1. The number of anilines is 1. The molecule has 1 aliphatic rings. The molecule has 0 radical (unpaired) electrons. The van der Waals surface area contributed by atoms with Crippen molar-refractivity contribution in [1.29, 1.82) is 0 Å². The molecule has 0 fully saturated rings. The van der Waals surface area contributed by atoms with Crippen LogP contribution in [0.25, 0.3) is 0 Å². The third-order valence-electron chi connectivity index (χ3n) is 6.52. The highest BCUT2D eigenvalue weighted by atomic mass is 16.6. The number of nitro groups is 1. The van der Waals surface area contributed by atoms with Crippen LogP contribution in [0.3, 0.4) is 0 Å². The summed E-state index contributed by atoms with van der Waals surface area (Å²) in [6.45, 7) is 5.28. The average molecular weight is 515 g/mol. The normalized spacial score (nSPS) is 14.0. The van der Waals surface area contributed by atoms with Gasteiger partial charge in [0.05, 0.1) is 16.1 Å². The molecule has 0 saturated carbocycles. The quantitative estimate of drug-likeness (QED) is 0.264. The van der Waals surface area contributed by atoms with E-state index in [1.165, 1.54) is 36.4 Å². The summed E-state index contributed by atoms with van der Waals surface area (Å²) in [6, 6.07) is 14.6. The van der Waals surface area contributed by atoms with Crippen LogP contribution in [-0.4, -0.2) is 39.5 Å². The molecule has 0 bridgehead atoms. The van der Waals surface area contributed by atoms with Crippen molar-refractivity contribution in [1.82, 2.24) is 10.2 Å². The van der Waals surface area contributed by atoms with E-state index in [-0.39, 0.29) is 28.8 Å². The highest BCUT2D eigenvalue weighted by Crippen LogP contribution is 2.28. The Bertz CT molecular complexity index is 1410. The van der Waals surface area contributed by atoms with Crippen molar-refractivity contribution >= 4 is 35.0 Å². The SMILES string of the molecule is CCC(C(=O)NC(C(=O)Nc1c(C)cccc1C)c1cccc([N+](=O)[O-])c1)N1C(=O)c2ccccc2C1=O. The maximum absolute atomic E-state index is 13.5. The van der Waals surface area contributed by atoms with E-state index in [2.05, 4.69) is 10.6 Å². The molecule has 2 N–H and O–H groups in total. The molecule has 194 valence electrons. The third-order valence-corrected chi connectivity index (χ3v) is 6.52. The zero-order chi connectivity index (χ0) is 27.6. The van der Waals surface area contributed by atoms with E-state index in [0.29, 0.717) is 5.69 Å². The number of nitro benzene ring substituents is 1. The van der Waals surface area contributed by atoms with Crippen LogP contribution in [0.1, 0.15) is 56.8 Å². The van der Waals surface area contributed by atoms with Gasteiger partial charge < -0.3 is 10.6 Å². The number of benzene rings is 3. The minimum absolute atomic E-state index is 0.0947. The number of aryl methyl sites for hydroxylation is 2. The summed E-state index contributed by atoms with van der Waals surface area (Å²) in [5.41, 5.74) is 2.45. The summed E-state index contributed by atoms with van der Waals surface area (Å²) < 4.78 is 0. The van der Waals surface area contributed by atoms with Crippen molar-refractivity contribution in [2.45, 2.75) is 39.3 Å². The molecule has 4 amide bonds. The Hall–Kier alpha value is -4.86. The molecule has 4 rings (SSSR count). The number of non-ortho nitro benzene ring substituents is 1. The van der Waals surface area contributed by atoms with E-state index in [4.69, 9.17) is 0 Å². The van der Waals surface area contributed by atoms with Gasteiger partial charge in [0.25, 0.3) is 23.4 Å². The molecular formula is C28H26N4O6. The smallest absolute Gasteiger partial charge is 0.269 e. The largest absolute Gasteiger partial charge is 0.339 e. The lowest BCUT2D eigenvalue weighted by atomic mass is 10.0. The molecule has 2 atom stereocenters. The van der Waals surface area contributed by atoms with Crippen molar-refractivity contribution in [3.8, 4) is 0 Å². The van der Waals surface area contributed by atoms with Gasteiger partial charge in [0.2, 0.25) is 5.91 Å². The lowest BCUT2D eigenvalue weighted by Gasteiger charge is -2.27. The first kappa shape index (κ1) is 26.2. The highest BCUT2D eigenvalue weighted by molar-refractivity contribution is 6.23. The van der Waals surface area contributed by atoms with Crippen molar-refractivity contribution in [2.24, 2.45) is 0 Å². The Morgan fingerprint density at radius 1 is 0.895 bits per heavy atom. The van der Waals surface area contributed by atoms with Crippen LogP contribution in [0.5, 0.6) is 0 Å². The molecule has 10 nitrogen and oxygen atoms in total. The molecule has 0 spiro atoms. The van der Waals surface area contributed by atoms with Gasteiger partial charge in [-0.15, -0.1) is 0 Å². The molecule has 38 heavy (non-hydrogen) atoms. The summed E-state index contributed by atoms with van der Waals surface area (Å²) in [5, 5.41) is 16.8. The Balaban J connectivity index is 1.68. The lowest BCUT2D eigenvalue weighted by Crippen LogP contribution is -2.51. The zero-order valence-corrected chi connectivity index (χ0v) is 21.1. The summed E-state index contributed by atoms with van der Waals surface area (Å²) >= 11 is 0. The van der Waals surface area contributed by atoms with Gasteiger partial charge in [-0.3, -0.25) is 34.2 Å². The van der Waals surface area contributed by atoms with Crippen LogP contribution in [0, 0.1) is 24.0 Å². The van der Waals surface area contributed by atoms with Crippen LogP contribution in [0.2, 0.25) is 0 Å². The maximum Gasteiger partial charge on any atom is 0.269 e. The second-order valence-corrected chi connectivity index (χ2v) is 9.00. The summed E-state index contributed by atoms with van der Waals surface area (Å²) in [6.07, 6.45) is 0.0947. The molecular weight excluding hydrogens is 488 g/mol. The van der Waals surface area contributed by atoms with Gasteiger partial charge in [-0.25, -0.2) is 0 Å². The predicted molar refractivity (Wildman–Crippen MR) is 140 cm³/mol. The number of hydrogen-bond donors (Lipinski definition) is 2.